The van der Waals surface area contributed by atoms with Crippen molar-refractivity contribution in [1.82, 2.24) is 10.3 Å². The van der Waals surface area contributed by atoms with Crippen molar-refractivity contribution < 1.29 is 24.2 Å². The van der Waals surface area contributed by atoms with Crippen LogP contribution in [0.5, 0.6) is 0 Å². The molecule has 10 heteroatoms. The molecule has 1 aliphatic carbocycles. The van der Waals surface area contributed by atoms with E-state index in [0.717, 1.165) is 24.0 Å². The van der Waals surface area contributed by atoms with Crippen LogP contribution in [0.2, 0.25) is 0 Å². The number of carboxylic acid groups (broad SMARTS) is 1. The maximum absolute atomic E-state index is 12.9. The highest BCUT2D eigenvalue weighted by Gasteiger charge is 2.29. The number of hydrogen-bond donors (Lipinski definition) is 4. The Morgan fingerprint density at radius 2 is 1.82 bits per heavy atom. The van der Waals surface area contributed by atoms with E-state index < -0.39 is 5.97 Å². The smallest absolute Gasteiger partial charge is 0.324 e. The number of amides is 3. The van der Waals surface area contributed by atoms with Crippen LogP contribution in [0.4, 0.5) is 16.3 Å². The number of ether oxygens (including phenoxy) is 1. The second kappa shape index (κ2) is 13.9. The number of benzene rings is 1. The number of carbonyl (C=O) groups excluding carboxylic acids is 2. The van der Waals surface area contributed by atoms with Gasteiger partial charge in [-0.3, -0.25) is 14.9 Å². The second-order valence-corrected chi connectivity index (χ2v) is 11.0. The zero-order valence-electron chi connectivity index (χ0n) is 23.2. The number of pyridine rings is 1. The van der Waals surface area contributed by atoms with Crippen molar-refractivity contribution in [2.24, 2.45) is 10.9 Å². The van der Waals surface area contributed by atoms with Crippen LogP contribution in [-0.4, -0.2) is 52.6 Å². The minimum Gasteiger partial charge on any atom is -0.481 e. The minimum atomic E-state index is -0.868. The molecule has 1 aromatic heterocycles. The number of anilines is 2. The molecule has 2 aromatic rings. The molecule has 0 saturated heterocycles. The molecule has 2 heterocycles. The first-order chi connectivity index (χ1) is 19.3. The number of carbonyl (C=O) groups is 3. The summed E-state index contributed by atoms with van der Waals surface area (Å²) in [6.45, 7) is 4.51. The zero-order valence-corrected chi connectivity index (χ0v) is 23.2. The highest BCUT2D eigenvalue weighted by Crippen LogP contribution is 2.36. The molecule has 10 nitrogen and oxygen atoms in total. The molecular weight excluding hydrogens is 510 g/mol. The van der Waals surface area contributed by atoms with Gasteiger partial charge in [-0.25, -0.2) is 14.8 Å². The van der Waals surface area contributed by atoms with Crippen molar-refractivity contribution in [1.29, 1.82) is 0 Å². The Morgan fingerprint density at radius 3 is 2.52 bits per heavy atom. The third kappa shape index (κ3) is 8.53. The normalized spacial score (nSPS) is 17.7. The Labute approximate surface area is 235 Å². The Kier molecular flexibility index (Phi) is 10.1. The molecule has 2 unspecified atom stereocenters. The summed E-state index contributed by atoms with van der Waals surface area (Å²) in [5.41, 5.74) is 2.49. The van der Waals surface area contributed by atoms with E-state index in [1.807, 2.05) is 24.3 Å². The van der Waals surface area contributed by atoms with E-state index in [1.54, 1.807) is 18.3 Å². The van der Waals surface area contributed by atoms with Crippen LogP contribution >= 0.6 is 0 Å². The number of urea groups is 1. The lowest BCUT2D eigenvalue weighted by Crippen LogP contribution is -2.43. The fourth-order valence-corrected chi connectivity index (χ4v) is 5.25. The summed E-state index contributed by atoms with van der Waals surface area (Å²) in [5, 5.41) is 17.7. The first kappa shape index (κ1) is 29.0. The Balaban J connectivity index is 1.28. The van der Waals surface area contributed by atoms with Gasteiger partial charge in [-0.05, 0) is 66.8 Å². The number of aliphatic carboxylic acids is 1. The van der Waals surface area contributed by atoms with Gasteiger partial charge >= 0.3 is 12.0 Å². The van der Waals surface area contributed by atoms with Crippen LogP contribution in [0.3, 0.4) is 0 Å². The number of nitrogens with one attached hydrogen (secondary N) is 3. The zero-order chi connectivity index (χ0) is 28.5. The summed E-state index contributed by atoms with van der Waals surface area (Å²) in [4.78, 5) is 45.2. The Morgan fingerprint density at radius 1 is 1.07 bits per heavy atom. The molecule has 1 aromatic carbocycles. The number of aromatic nitrogens is 1. The van der Waals surface area contributed by atoms with Crippen LogP contribution in [0.15, 0.2) is 47.6 Å². The molecule has 1 aliphatic heterocycles. The van der Waals surface area contributed by atoms with Gasteiger partial charge in [-0.15, -0.1) is 0 Å². The number of rotatable bonds is 12. The van der Waals surface area contributed by atoms with Gasteiger partial charge in [0.05, 0.1) is 13.0 Å². The van der Waals surface area contributed by atoms with Gasteiger partial charge in [0.15, 0.2) is 0 Å². The average molecular weight is 550 g/mol. The lowest BCUT2D eigenvalue weighted by atomic mass is 9.98. The first-order valence-corrected chi connectivity index (χ1v) is 14.1. The van der Waals surface area contributed by atoms with E-state index in [9.17, 15) is 14.4 Å². The van der Waals surface area contributed by atoms with Crippen LogP contribution < -0.4 is 16.0 Å². The van der Waals surface area contributed by atoms with Gasteiger partial charge in [-0.2, -0.15) is 0 Å². The summed E-state index contributed by atoms with van der Waals surface area (Å²) in [7, 11) is 0. The molecule has 0 spiro atoms. The highest BCUT2D eigenvalue weighted by molar-refractivity contribution is 5.99. The van der Waals surface area contributed by atoms with Crippen molar-refractivity contribution in [2.75, 3.05) is 17.2 Å². The van der Waals surface area contributed by atoms with Crippen LogP contribution in [0.25, 0.3) is 0 Å². The standard InChI is InChI=1S/C30H39N5O5/c1-19(2)16-25(29-32-18-23(40-29)13-14-27(37)38)34-26(36)17-20-9-11-22(12-10-20)33-30(39)35-28-24(8-5-15-31-28)21-6-3-4-7-21/h5,8-12,15,19,21,23,25H,3-4,6-7,13-14,16-18H2,1-2H3,(H,34,36)(H,37,38)(H2,31,33,35,39). The Bertz CT molecular complexity index is 1210. The van der Waals surface area contributed by atoms with Crippen molar-refractivity contribution >= 4 is 35.3 Å². The maximum atomic E-state index is 12.9. The van der Waals surface area contributed by atoms with Gasteiger partial charge in [0.1, 0.15) is 18.0 Å². The fourth-order valence-electron chi connectivity index (χ4n) is 5.25. The van der Waals surface area contributed by atoms with Crippen molar-refractivity contribution in [2.45, 2.75) is 83.3 Å². The fraction of sp³-hybridized carbons (Fsp3) is 0.500. The predicted molar refractivity (Wildman–Crippen MR) is 154 cm³/mol. The second-order valence-electron chi connectivity index (χ2n) is 11.0. The topological polar surface area (TPSA) is 142 Å². The third-order valence-corrected chi connectivity index (χ3v) is 7.20. The van der Waals surface area contributed by atoms with E-state index in [0.29, 0.717) is 48.6 Å². The van der Waals surface area contributed by atoms with Crippen molar-refractivity contribution in [3.8, 4) is 0 Å². The number of carboxylic acids is 1. The molecule has 4 rings (SSSR count). The number of hydrogen-bond acceptors (Lipinski definition) is 6. The molecule has 3 amide bonds. The van der Waals surface area contributed by atoms with E-state index in [1.165, 1.54) is 12.8 Å². The molecule has 1 saturated carbocycles. The van der Waals surface area contributed by atoms with E-state index in [4.69, 9.17) is 9.84 Å². The van der Waals surface area contributed by atoms with Gasteiger partial charge in [0.25, 0.3) is 0 Å². The van der Waals surface area contributed by atoms with E-state index >= 15 is 0 Å². The summed E-state index contributed by atoms with van der Waals surface area (Å²) in [5.74, 6) is 0.755. The molecule has 214 valence electrons. The van der Waals surface area contributed by atoms with E-state index in [2.05, 4.69) is 39.8 Å². The predicted octanol–water partition coefficient (Wildman–Crippen LogP) is 5.12. The molecule has 2 aliphatic rings. The molecule has 1 fully saturated rings. The lowest BCUT2D eigenvalue weighted by Gasteiger charge is -2.21. The minimum absolute atomic E-state index is 0.0197. The summed E-state index contributed by atoms with van der Waals surface area (Å²) in [6.07, 6.45) is 7.26. The molecule has 0 bridgehead atoms. The van der Waals surface area contributed by atoms with Crippen molar-refractivity contribution in [3.05, 3.63) is 53.7 Å². The van der Waals surface area contributed by atoms with Crippen LogP contribution in [0, 0.1) is 5.92 Å². The van der Waals surface area contributed by atoms with Crippen LogP contribution in [0.1, 0.15) is 75.8 Å². The average Bonchev–Trinajstić information content (AvgIpc) is 3.61. The molecule has 0 radical (unpaired) electrons. The van der Waals surface area contributed by atoms with Gasteiger partial charge in [0.2, 0.25) is 11.8 Å². The van der Waals surface area contributed by atoms with Gasteiger partial charge in [-0.1, -0.05) is 44.9 Å². The molecule has 2 atom stereocenters. The highest BCUT2D eigenvalue weighted by atomic mass is 16.5. The van der Waals surface area contributed by atoms with Gasteiger partial charge in [0, 0.05) is 18.3 Å². The maximum Gasteiger partial charge on any atom is 0.324 e. The summed E-state index contributed by atoms with van der Waals surface area (Å²) >= 11 is 0. The molecular formula is C30H39N5O5. The number of aliphatic imine (C=N–C) groups is 1. The van der Waals surface area contributed by atoms with Gasteiger partial charge < -0.3 is 20.5 Å². The summed E-state index contributed by atoms with van der Waals surface area (Å²) < 4.78 is 5.88. The van der Waals surface area contributed by atoms with Crippen molar-refractivity contribution in [3.63, 3.8) is 0 Å². The third-order valence-electron chi connectivity index (χ3n) is 7.20. The molecule has 40 heavy (non-hydrogen) atoms. The molecule has 4 N–H and O–H groups in total. The van der Waals surface area contributed by atoms with E-state index in [-0.39, 0.29) is 36.9 Å². The largest absolute Gasteiger partial charge is 0.481 e. The Hall–Kier alpha value is -3.95. The monoisotopic (exact) mass is 549 g/mol. The number of nitrogens with zero attached hydrogens (tertiary/aromatic N) is 2. The van der Waals surface area contributed by atoms with Crippen LogP contribution in [-0.2, 0) is 20.7 Å². The quantitative estimate of drug-likeness (QED) is 0.290. The SMILES string of the molecule is CC(C)CC(NC(=O)Cc1ccc(NC(=O)Nc2ncccc2C2CCCC2)cc1)C1=NCC(CCC(=O)O)O1. The summed E-state index contributed by atoms with van der Waals surface area (Å²) in [6, 6.07) is 10.4. The lowest BCUT2D eigenvalue weighted by molar-refractivity contribution is -0.137. The first-order valence-electron chi connectivity index (χ1n) is 14.1.